The number of hydrogen-bond acceptors (Lipinski definition) is 4. The fourth-order valence-electron chi connectivity index (χ4n) is 5.77. The average Bonchev–Trinajstić information content (AvgIpc) is 2.95. The van der Waals surface area contributed by atoms with Gasteiger partial charge in [0.05, 0.1) is 11.5 Å². The third-order valence-corrected chi connectivity index (χ3v) is 6.81. The summed E-state index contributed by atoms with van der Waals surface area (Å²) in [7, 11) is 0. The highest BCUT2D eigenvalue weighted by atomic mass is 16.5. The predicted octanol–water partition coefficient (Wildman–Crippen LogP) is 2.47. The average molecular weight is 337 g/mol. The quantitative estimate of drug-likeness (QED) is 0.564. The van der Waals surface area contributed by atoms with Crippen molar-refractivity contribution in [1.29, 1.82) is 0 Å². The minimum atomic E-state index is -0.897. The minimum absolute atomic E-state index is 0.0394. The normalized spacial score (nSPS) is 37.0. The Morgan fingerprint density at radius 3 is 3.04 bits per heavy atom. The van der Waals surface area contributed by atoms with Gasteiger partial charge in [0.25, 0.3) is 0 Å². The first-order valence-electron chi connectivity index (χ1n) is 9.20. The van der Waals surface area contributed by atoms with Crippen molar-refractivity contribution < 1.29 is 14.9 Å². The molecule has 1 saturated carbocycles. The SMILES string of the molecule is C=C1CCC2(O)C3Cc4ccc(O)c5c4C2(CCN3C#CCC)C1O5. The van der Waals surface area contributed by atoms with Crippen molar-refractivity contribution in [2.45, 2.75) is 62.2 Å². The molecular formula is C21H23NO3. The van der Waals surface area contributed by atoms with Crippen LogP contribution in [0.15, 0.2) is 24.3 Å². The fourth-order valence-corrected chi connectivity index (χ4v) is 5.77. The molecule has 0 amide bonds. The highest BCUT2D eigenvalue weighted by Crippen LogP contribution is 2.66. The molecule has 1 saturated heterocycles. The van der Waals surface area contributed by atoms with Gasteiger partial charge in [0, 0.05) is 24.6 Å². The molecule has 2 bridgehead atoms. The number of benzene rings is 1. The maximum atomic E-state index is 12.0. The van der Waals surface area contributed by atoms with Crippen LogP contribution in [-0.2, 0) is 11.8 Å². The van der Waals surface area contributed by atoms with E-state index in [-0.39, 0.29) is 17.9 Å². The number of hydrogen-bond donors (Lipinski definition) is 2. The van der Waals surface area contributed by atoms with Gasteiger partial charge in [-0.2, -0.15) is 0 Å². The Balaban J connectivity index is 1.77. The molecule has 5 rings (SSSR count). The van der Waals surface area contributed by atoms with Crippen molar-refractivity contribution in [2.75, 3.05) is 6.54 Å². The molecule has 1 aromatic carbocycles. The van der Waals surface area contributed by atoms with Crippen LogP contribution in [0.5, 0.6) is 11.5 Å². The highest BCUT2D eigenvalue weighted by molar-refractivity contribution is 5.64. The Hall–Kier alpha value is -2.12. The first-order chi connectivity index (χ1) is 12.0. The lowest BCUT2D eigenvalue weighted by molar-refractivity contribution is -0.162. The maximum absolute atomic E-state index is 12.0. The zero-order valence-corrected chi connectivity index (χ0v) is 14.5. The number of phenolic OH excluding ortho intramolecular Hbond substituents is 1. The highest BCUT2D eigenvalue weighted by Gasteiger charge is 2.71. The second kappa shape index (κ2) is 4.74. The second-order valence-corrected chi connectivity index (χ2v) is 7.81. The monoisotopic (exact) mass is 337 g/mol. The van der Waals surface area contributed by atoms with Gasteiger partial charge in [-0.3, -0.25) is 0 Å². The standard InChI is InChI=1S/C21H23NO3/c1-3-4-10-22-11-9-20-17-14-5-6-15(23)18(17)25-19(20)13(2)7-8-21(20,24)16(22)12-14/h5-6,16,19,23-24H,2-3,7-9,11-12H2,1H3. The Morgan fingerprint density at radius 2 is 2.24 bits per heavy atom. The van der Waals surface area contributed by atoms with Gasteiger partial charge in [0.15, 0.2) is 11.5 Å². The van der Waals surface area contributed by atoms with Crippen LogP contribution in [0, 0.1) is 12.0 Å². The molecule has 2 aliphatic carbocycles. The van der Waals surface area contributed by atoms with Crippen molar-refractivity contribution >= 4 is 0 Å². The number of phenols is 1. The summed E-state index contributed by atoms with van der Waals surface area (Å²) in [5, 5.41) is 22.4. The van der Waals surface area contributed by atoms with Crippen LogP contribution in [0.1, 0.15) is 43.7 Å². The van der Waals surface area contributed by atoms with Gasteiger partial charge in [0.1, 0.15) is 11.7 Å². The molecule has 0 radical (unpaired) electrons. The molecule has 2 fully saturated rings. The van der Waals surface area contributed by atoms with E-state index in [9.17, 15) is 10.2 Å². The van der Waals surface area contributed by atoms with Gasteiger partial charge in [-0.05, 0) is 42.9 Å². The smallest absolute Gasteiger partial charge is 0.166 e. The summed E-state index contributed by atoms with van der Waals surface area (Å²) in [6, 6.07) is 6.94. The molecular weight excluding hydrogens is 314 g/mol. The van der Waals surface area contributed by atoms with Gasteiger partial charge < -0.3 is 19.8 Å². The van der Waals surface area contributed by atoms with E-state index in [1.165, 1.54) is 5.56 Å². The lowest BCUT2D eigenvalue weighted by atomic mass is 9.48. The van der Waals surface area contributed by atoms with Crippen molar-refractivity contribution in [1.82, 2.24) is 4.90 Å². The van der Waals surface area contributed by atoms with Crippen LogP contribution in [0.4, 0.5) is 0 Å². The number of aromatic hydroxyl groups is 1. The van der Waals surface area contributed by atoms with E-state index < -0.39 is 11.0 Å². The molecule has 2 aliphatic heterocycles. The second-order valence-electron chi connectivity index (χ2n) is 7.81. The van der Waals surface area contributed by atoms with Crippen LogP contribution < -0.4 is 4.74 Å². The van der Waals surface area contributed by atoms with Gasteiger partial charge in [-0.1, -0.05) is 25.5 Å². The van der Waals surface area contributed by atoms with Crippen LogP contribution in [-0.4, -0.2) is 39.4 Å². The van der Waals surface area contributed by atoms with E-state index in [1.807, 2.05) is 13.0 Å². The molecule has 2 N–H and O–H groups in total. The molecule has 130 valence electrons. The van der Waals surface area contributed by atoms with E-state index in [2.05, 4.69) is 23.4 Å². The Morgan fingerprint density at radius 1 is 1.40 bits per heavy atom. The maximum Gasteiger partial charge on any atom is 0.166 e. The van der Waals surface area contributed by atoms with Crippen molar-refractivity contribution in [3.05, 3.63) is 35.4 Å². The summed E-state index contributed by atoms with van der Waals surface area (Å²) >= 11 is 0. The molecule has 25 heavy (non-hydrogen) atoms. The molecule has 0 aromatic heterocycles. The van der Waals surface area contributed by atoms with E-state index in [4.69, 9.17) is 4.74 Å². The van der Waals surface area contributed by atoms with E-state index in [1.54, 1.807) is 6.07 Å². The van der Waals surface area contributed by atoms with Crippen molar-refractivity contribution in [3.63, 3.8) is 0 Å². The Kier molecular flexibility index (Phi) is 2.87. The Labute approximate surface area is 148 Å². The topological polar surface area (TPSA) is 52.9 Å². The summed E-state index contributed by atoms with van der Waals surface area (Å²) in [5.74, 6) is 3.91. The van der Waals surface area contributed by atoms with E-state index in [0.29, 0.717) is 12.2 Å². The largest absolute Gasteiger partial charge is 0.504 e. The lowest BCUT2D eigenvalue weighted by Gasteiger charge is -2.62. The van der Waals surface area contributed by atoms with E-state index in [0.717, 1.165) is 43.4 Å². The van der Waals surface area contributed by atoms with Crippen LogP contribution in [0.2, 0.25) is 0 Å². The third-order valence-electron chi connectivity index (χ3n) is 6.81. The first kappa shape index (κ1) is 15.2. The van der Waals surface area contributed by atoms with Crippen LogP contribution in [0.3, 0.4) is 0 Å². The summed E-state index contributed by atoms with van der Waals surface area (Å²) in [6.07, 6.45) is 3.49. The molecule has 1 spiro atoms. The van der Waals surface area contributed by atoms with Gasteiger partial charge >= 0.3 is 0 Å². The number of ether oxygens (including phenoxy) is 1. The first-order valence-corrected chi connectivity index (χ1v) is 9.20. The predicted molar refractivity (Wildman–Crippen MR) is 94.4 cm³/mol. The zero-order valence-electron chi connectivity index (χ0n) is 14.5. The third kappa shape index (κ3) is 1.58. The Bertz CT molecular complexity index is 851. The lowest BCUT2D eigenvalue weighted by Crippen LogP contribution is -2.74. The van der Waals surface area contributed by atoms with Crippen molar-refractivity contribution in [2.24, 2.45) is 0 Å². The van der Waals surface area contributed by atoms with Crippen molar-refractivity contribution in [3.8, 4) is 23.5 Å². The van der Waals surface area contributed by atoms with Crippen LogP contribution >= 0.6 is 0 Å². The number of likely N-dealkylation sites (tertiary alicyclic amines) is 1. The zero-order chi connectivity index (χ0) is 17.4. The van der Waals surface area contributed by atoms with Gasteiger partial charge in [-0.25, -0.2) is 0 Å². The molecule has 1 aromatic rings. The summed E-state index contributed by atoms with van der Waals surface area (Å²) < 4.78 is 6.24. The molecule has 2 heterocycles. The fraction of sp³-hybridized carbons (Fsp3) is 0.524. The summed E-state index contributed by atoms with van der Waals surface area (Å²) in [6.45, 7) is 7.09. The molecule has 4 aliphatic rings. The van der Waals surface area contributed by atoms with Gasteiger partial charge in [-0.15, -0.1) is 0 Å². The number of rotatable bonds is 0. The number of piperidine rings is 1. The van der Waals surface area contributed by atoms with E-state index >= 15 is 0 Å². The number of nitrogens with zero attached hydrogens (tertiary/aromatic N) is 1. The van der Waals surface area contributed by atoms with Gasteiger partial charge in [0.2, 0.25) is 0 Å². The molecule has 4 unspecified atom stereocenters. The van der Waals surface area contributed by atoms with Crippen LogP contribution in [0.25, 0.3) is 0 Å². The number of aliphatic hydroxyl groups is 1. The molecule has 4 heteroatoms. The molecule has 4 nitrogen and oxygen atoms in total. The summed E-state index contributed by atoms with van der Waals surface area (Å²) in [5.41, 5.74) is 1.83. The molecule has 4 atom stereocenters. The minimum Gasteiger partial charge on any atom is -0.504 e. The summed E-state index contributed by atoms with van der Waals surface area (Å²) in [4.78, 5) is 2.15.